The molecule has 0 aliphatic heterocycles. The van der Waals surface area contributed by atoms with Crippen LogP contribution in [0.25, 0.3) is 20.7 Å². The Morgan fingerprint density at radius 1 is 1.22 bits per heavy atom. The van der Waals surface area contributed by atoms with Crippen molar-refractivity contribution >= 4 is 27.1 Å². The number of thiophene rings is 1. The lowest BCUT2D eigenvalue weighted by atomic mass is 10.2. The highest BCUT2D eigenvalue weighted by Crippen LogP contribution is 2.37. The van der Waals surface area contributed by atoms with E-state index in [1.165, 1.54) is 4.70 Å². The van der Waals surface area contributed by atoms with E-state index in [4.69, 9.17) is 10.5 Å². The van der Waals surface area contributed by atoms with E-state index in [2.05, 4.69) is 17.1 Å². The summed E-state index contributed by atoms with van der Waals surface area (Å²) in [5.41, 5.74) is 7.26. The second kappa shape index (κ2) is 4.31. The molecule has 3 rings (SSSR count). The number of methoxy groups -OCH3 is 1. The maximum Gasteiger partial charge on any atom is 0.127 e. The third kappa shape index (κ3) is 1.80. The zero-order valence-corrected chi connectivity index (χ0v) is 10.7. The molecule has 1 aromatic carbocycles. The lowest BCUT2D eigenvalue weighted by molar-refractivity contribution is 0.420. The normalized spacial score (nSPS) is 10.7. The van der Waals surface area contributed by atoms with E-state index in [9.17, 15) is 0 Å². The number of hydrogen-bond donors (Lipinski definition) is 1. The van der Waals surface area contributed by atoms with E-state index < -0.39 is 0 Å². The maximum atomic E-state index is 5.65. The third-order valence-electron chi connectivity index (χ3n) is 2.78. The summed E-state index contributed by atoms with van der Waals surface area (Å²) in [5, 5.41) is 1.12. The highest BCUT2D eigenvalue weighted by molar-refractivity contribution is 7.22. The van der Waals surface area contributed by atoms with Crippen LogP contribution in [0.3, 0.4) is 0 Å². The summed E-state index contributed by atoms with van der Waals surface area (Å²) < 4.78 is 6.56. The van der Waals surface area contributed by atoms with Crippen LogP contribution in [0.5, 0.6) is 5.75 Å². The molecule has 18 heavy (non-hydrogen) atoms. The predicted octanol–water partition coefficient (Wildman–Crippen LogP) is 3.55. The van der Waals surface area contributed by atoms with Crippen LogP contribution in [-0.2, 0) is 0 Å². The van der Waals surface area contributed by atoms with Gasteiger partial charge in [0.25, 0.3) is 0 Å². The van der Waals surface area contributed by atoms with E-state index >= 15 is 0 Å². The van der Waals surface area contributed by atoms with Gasteiger partial charge < -0.3 is 10.5 Å². The SMILES string of the molecule is COc1cccc2sc(-c3ccc(N)cn3)cc12. The van der Waals surface area contributed by atoms with Crippen molar-refractivity contribution < 1.29 is 4.74 Å². The number of ether oxygens (including phenoxy) is 1. The number of rotatable bonds is 2. The summed E-state index contributed by atoms with van der Waals surface area (Å²) in [6.45, 7) is 0. The molecule has 0 radical (unpaired) electrons. The first-order valence-corrected chi connectivity index (χ1v) is 6.38. The molecule has 0 bridgehead atoms. The first-order chi connectivity index (χ1) is 8.78. The number of fused-ring (bicyclic) bond motifs is 1. The molecule has 0 amide bonds. The smallest absolute Gasteiger partial charge is 0.127 e. The van der Waals surface area contributed by atoms with Gasteiger partial charge in [0.1, 0.15) is 5.75 Å². The lowest BCUT2D eigenvalue weighted by Crippen LogP contribution is -1.86. The van der Waals surface area contributed by atoms with Crippen molar-refractivity contribution in [2.75, 3.05) is 12.8 Å². The van der Waals surface area contributed by atoms with Gasteiger partial charge in [-0.1, -0.05) is 6.07 Å². The fourth-order valence-electron chi connectivity index (χ4n) is 1.89. The Bertz CT molecular complexity index is 689. The first kappa shape index (κ1) is 11.0. The van der Waals surface area contributed by atoms with Gasteiger partial charge in [0.15, 0.2) is 0 Å². The minimum atomic E-state index is 0.678. The molecule has 2 aromatic heterocycles. The highest BCUT2D eigenvalue weighted by atomic mass is 32.1. The number of pyridine rings is 1. The van der Waals surface area contributed by atoms with Gasteiger partial charge in [0.05, 0.1) is 29.6 Å². The largest absolute Gasteiger partial charge is 0.496 e. The minimum Gasteiger partial charge on any atom is -0.496 e. The summed E-state index contributed by atoms with van der Waals surface area (Å²) in [6.07, 6.45) is 1.68. The van der Waals surface area contributed by atoms with Crippen LogP contribution in [0.1, 0.15) is 0 Å². The topological polar surface area (TPSA) is 48.1 Å². The molecular formula is C14H12N2OS. The van der Waals surface area contributed by atoms with Gasteiger partial charge >= 0.3 is 0 Å². The van der Waals surface area contributed by atoms with Gasteiger partial charge in [-0.25, -0.2) is 0 Å². The van der Waals surface area contributed by atoms with Gasteiger partial charge in [-0.2, -0.15) is 0 Å². The van der Waals surface area contributed by atoms with Gasteiger partial charge in [0.2, 0.25) is 0 Å². The van der Waals surface area contributed by atoms with Crippen LogP contribution in [0, 0.1) is 0 Å². The van der Waals surface area contributed by atoms with Gasteiger partial charge in [-0.15, -0.1) is 11.3 Å². The molecule has 4 heteroatoms. The molecule has 2 N–H and O–H groups in total. The molecule has 3 nitrogen and oxygen atoms in total. The fourth-order valence-corrected chi connectivity index (χ4v) is 2.94. The average molecular weight is 256 g/mol. The number of nitrogens with two attached hydrogens (primary N) is 1. The van der Waals surface area contributed by atoms with Crippen molar-refractivity contribution in [3.8, 4) is 16.3 Å². The summed E-state index contributed by atoms with van der Waals surface area (Å²) in [7, 11) is 1.69. The summed E-state index contributed by atoms with van der Waals surface area (Å²) in [4.78, 5) is 5.46. The summed E-state index contributed by atoms with van der Waals surface area (Å²) >= 11 is 1.70. The molecule has 0 fully saturated rings. The van der Waals surface area contributed by atoms with Crippen molar-refractivity contribution in [2.24, 2.45) is 0 Å². The fraction of sp³-hybridized carbons (Fsp3) is 0.0714. The van der Waals surface area contributed by atoms with Crippen molar-refractivity contribution in [1.82, 2.24) is 4.98 Å². The number of anilines is 1. The van der Waals surface area contributed by atoms with Gasteiger partial charge in [-0.05, 0) is 30.3 Å². The summed E-state index contributed by atoms with van der Waals surface area (Å²) in [5.74, 6) is 0.894. The Balaban J connectivity index is 2.16. The van der Waals surface area contributed by atoms with Crippen LogP contribution in [-0.4, -0.2) is 12.1 Å². The Morgan fingerprint density at radius 3 is 2.83 bits per heavy atom. The molecule has 0 unspecified atom stereocenters. The van der Waals surface area contributed by atoms with Crippen LogP contribution < -0.4 is 10.5 Å². The zero-order valence-electron chi connectivity index (χ0n) is 9.88. The monoisotopic (exact) mass is 256 g/mol. The van der Waals surface area contributed by atoms with E-state index in [1.807, 2.05) is 24.3 Å². The van der Waals surface area contributed by atoms with Gasteiger partial charge in [-0.3, -0.25) is 4.98 Å². The second-order valence-corrected chi connectivity index (χ2v) is 5.04. The molecule has 0 aliphatic carbocycles. The second-order valence-electron chi connectivity index (χ2n) is 3.96. The van der Waals surface area contributed by atoms with Crippen molar-refractivity contribution in [1.29, 1.82) is 0 Å². The maximum absolute atomic E-state index is 5.65. The number of nitrogen functional groups attached to an aromatic ring is 1. The Morgan fingerprint density at radius 2 is 2.11 bits per heavy atom. The Labute approximate surface area is 109 Å². The van der Waals surface area contributed by atoms with Crippen LogP contribution >= 0.6 is 11.3 Å². The molecule has 0 saturated carbocycles. The standard InChI is InChI=1S/C14H12N2OS/c1-17-12-3-2-4-13-10(12)7-14(18-13)11-6-5-9(15)8-16-11/h2-8H,15H2,1H3. The molecule has 0 atom stereocenters. The molecule has 0 aliphatic rings. The third-order valence-corrected chi connectivity index (χ3v) is 3.90. The molecule has 0 saturated heterocycles. The van der Waals surface area contributed by atoms with Crippen molar-refractivity contribution in [3.63, 3.8) is 0 Å². The average Bonchev–Trinajstić information content (AvgIpc) is 2.83. The Kier molecular flexibility index (Phi) is 2.64. The van der Waals surface area contributed by atoms with E-state index in [1.54, 1.807) is 24.6 Å². The van der Waals surface area contributed by atoms with Crippen LogP contribution in [0.15, 0.2) is 42.6 Å². The first-order valence-electron chi connectivity index (χ1n) is 5.56. The Hall–Kier alpha value is -2.07. The van der Waals surface area contributed by atoms with Gasteiger partial charge in [0, 0.05) is 10.1 Å². The molecule has 3 aromatic rings. The molecule has 0 spiro atoms. The van der Waals surface area contributed by atoms with Crippen molar-refractivity contribution in [3.05, 3.63) is 42.6 Å². The number of nitrogens with zero attached hydrogens (tertiary/aromatic N) is 1. The van der Waals surface area contributed by atoms with E-state index in [0.29, 0.717) is 5.69 Å². The number of benzene rings is 1. The van der Waals surface area contributed by atoms with Crippen LogP contribution in [0.2, 0.25) is 0 Å². The van der Waals surface area contributed by atoms with E-state index in [0.717, 1.165) is 21.7 Å². The number of aromatic nitrogens is 1. The molecule has 90 valence electrons. The predicted molar refractivity (Wildman–Crippen MR) is 76.0 cm³/mol. The molecule has 2 heterocycles. The highest BCUT2D eigenvalue weighted by Gasteiger charge is 2.08. The summed E-state index contributed by atoms with van der Waals surface area (Å²) in [6, 6.07) is 12.0. The quantitative estimate of drug-likeness (QED) is 0.762. The lowest BCUT2D eigenvalue weighted by Gasteiger charge is -1.99. The van der Waals surface area contributed by atoms with E-state index in [-0.39, 0.29) is 0 Å². The minimum absolute atomic E-state index is 0.678. The number of hydrogen-bond acceptors (Lipinski definition) is 4. The van der Waals surface area contributed by atoms with Crippen LogP contribution in [0.4, 0.5) is 5.69 Å². The molecular weight excluding hydrogens is 244 g/mol. The van der Waals surface area contributed by atoms with Crippen molar-refractivity contribution in [2.45, 2.75) is 0 Å². The zero-order chi connectivity index (χ0) is 12.5.